The van der Waals surface area contributed by atoms with E-state index >= 15 is 0 Å². The highest BCUT2D eigenvalue weighted by Crippen LogP contribution is 2.30. The van der Waals surface area contributed by atoms with Gasteiger partial charge in [-0.3, -0.25) is 9.78 Å². The van der Waals surface area contributed by atoms with Crippen LogP contribution in [0.25, 0.3) is 27.6 Å². The summed E-state index contributed by atoms with van der Waals surface area (Å²) in [6.07, 6.45) is 4.84. The molecule has 1 aliphatic carbocycles. The van der Waals surface area contributed by atoms with Crippen LogP contribution >= 0.6 is 15.9 Å². The van der Waals surface area contributed by atoms with E-state index in [1.807, 2.05) is 6.07 Å². The van der Waals surface area contributed by atoms with Gasteiger partial charge in [0.15, 0.2) is 11.5 Å². The van der Waals surface area contributed by atoms with Gasteiger partial charge in [-0.1, -0.05) is 6.07 Å². The lowest BCUT2D eigenvalue weighted by atomic mass is 10.0. The number of rotatable bonds is 5. The smallest absolute Gasteiger partial charge is 0.224 e. The Hall–Kier alpha value is -3.25. The molecular formula is C25H25BrF2N8O. The van der Waals surface area contributed by atoms with Crippen molar-refractivity contribution in [1.29, 1.82) is 0 Å². The number of nitrogens with zero attached hydrogens (tertiary/aromatic N) is 5. The average molecular weight is 571 g/mol. The van der Waals surface area contributed by atoms with Crippen LogP contribution in [-0.2, 0) is 4.79 Å². The summed E-state index contributed by atoms with van der Waals surface area (Å²) in [4.78, 5) is 26.0. The number of amides is 1. The first-order valence-corrected chi connectivity index (χ1v) is 13.1. The molecular weight excluding hydrogens is 546 g/mol. The molecule has 1 saturated carbocycles. The largest absolute Gasteiger partial charge is 0.351 e. The highest BCUT2D eigenvalue weighted by Gasteiger charge is 2.33. The van der Waals surface area contributed by atoms with Crippen LogP contribution in [0, 0.1) is 11.7 Å². The fourth-order valence-corrected chi connectivity index (χ4v) is 5.63. The minimum atomic E-state index is -1.07. The summed E-state index contributed by atoms with van der Waals surface area (Å²) in [6, 6.07) is 6.32. The Balaban J connectivity index is 1.20. The molecule has 4 heterocycles. The first-order chi connectivity index (χ1) is 18.0. The van der Waals surface area contributed by atoms with Gasteiger partial charge in [0.05, 0.1) is 17.1 Å². The molecule has 0 bridgehead atoms. The quantitative estimate of drug-likeness (QED) is 0.336. The fourth-order valence-electron chi connectivity index (χ4n) is 5.19. The van der Waals surface area contributed by atoms with Gasteiger partial charge in [0.2, 0.25) is 11.9 Å². The van der Waals surface area contributed by atoms with Gasteiger partial charge in [-0.05, 0) is 60.3 Å². The van der Waals surface area contributed by atoms with E-state index in [9.17, 15) is 13.6 Å². The van der Waals surface area contributed by atoms with Crippen LogP contribution in [0.1, 0.15) is 25.7 Å². The molecule has 3 N–H and O–H groups in total. The van der Waals surface area contributed by atoms with E-state index in [4.69, 9.17) is 0 Å². The lowest BCUT2D eigenvalue weighted by Crippen LogP contribution is -2.52. The molecule has 0 radical (unpaired) electrons. The Morgan fingerprint density at radius 1 is 1.22 bits per heavy atom. The number of hydrogen-bond acceptors (Lipinski definition) is 7. The zero-order valence-electron chi connectivity index (χ0n) is 19.8. The number of piperidine rings is 1. The Labute approximate surface area is 219 Å². The third kappa shape index (κ3) is 4.75. The maximum Gasteiger partial charge on any atom is 0.224 e. The summed E-state index contributed by atoms with van der Waals surface area (Å²) in [5, 5.41) is 15.1. The van der Waals surface area contributed by atoms with Crippen molar-refractivity contribution < 1.29 is 13.6 Å². The molecule has 4 atom stereocenters. The van der Waals surface area contributed by atoms with E-state index in [-0.39, 0.29) is 24.4 Å². The van der Waals surface area contributed by atoms with Crippen LogP contribution in [0.4, 0.5) is 14.7 Å². The lowest BCUT2D eigenvalue weighted by Gasteiger charge is -2.28. The second-order valence-corrected chi connectivity index (χ2v) is 10.4. The molecule has 4 aromatic rings. The lowest BCUT2D eigenvalue weighted by molar-refractivity contribution is -0.126. The van der Waals surface area contributed by atoms with Crippen molar-refractivity contribution in [3.63, 3.8) is 0 Å². The molecule has 6 rings (SSSR count). The molecule has 2 aliphatic rings. The number of anilines is 1. The molecule has 1 saturated heterocycles. The number of aromatic nitrogens is 5. The Bertz CT molecular complexity index is 1480. The summed E-state index contributed by atoms with van der Waals surface area (Å²) in [5.74, 6) is -0.321. The third-order valence-corrected chi connectivity index (χ3v) is 7.73. The van der Waals surface area contributed by atoms with Crippen molar-refractivity contribution in [2.75, 3.05) is 18.4 Å². The molecule has 2 fully saturated rings. The standard InChI is InChI=1S/C25H25BrF2N8O/c26-22-17-11-31-25(32-15-4-3-14(8-15)24(37)33-20-5-7-29-12-19(20)28)34-23(17)36(35-22)16-9-13-2-1-6-30-21(13)18(27)10-16/h1-2,6,9-11,14-15,19-20,29H,3-5,7-8,12H2,(H,33,37)(H,31,32,34)/t14-,15-,19-,20-/m1/s1. The van der Waals surface area contributed by atoms with E-state index in [1.54, 1.807) is 29.2 Å². The van der Waals surface area contributed by atoms with Crippen LogP contribution in [0.3, 0.4) is 0 Å². The fraction of sp³-hybridized carbons (Fsp3) is 0.400. The summed E-state index contributed by atoms with van der Waals surface area (Å²) in [5.41, 5.74) is 1.32. The minimum Gasteiger partial charge on any atom is -0.351 e. The van der Waals surface area contributed by atoms with Crippen molar-refractivity contribution in [3.8, 4) is 5.69 Å². The van der Waals surface area contributed by atoms with Crippen LogP contribution in [0.15, 0.2) is 41.3 Å². The molecule has 37 heavy (non-hydrogen) atoms. The average Bonchev–Trinajstić information content (AvgIpc) is 3.50. The predicted octanol–water partition coefficient (Wildman–Crippen LogP) is 3.66. The number of benzene rings is 1. The van der Waals surface area contributed by atoms with Crippen molar-refractivity contribution in [1.82, 2.24) is 35.4 Å². The highest BCUT2D eigenvalue weighted by molar-refractivity contribution is 9.10. The highest BCUT2D eigenvalue weighted by atomic mass is 79.9. The number of carbonyl (C=O) groups is 1. The second-order valence-electron chi connectivity index (χ2n) is 9.61. The Morgan fingerprint density at radius 2 is 2.11 bits per heavy atom. The molecule has 3 aromatic heterocycles. The normalized spacial score (nSPS) is 24.0. The van der Waals surface area contributed by atoms with Gasteiger partial charge in [-0.15, -0.1) is 0 Å². The molecule has 0 unspecified atom stereocenters. The van der Waals surface area contributed by atoms with E-state index in [0.29, 0.717) is 64.0 Å². The van der Waals surface area contributed by atoms with E-state index in [2.05, 4.69) is 51.9 Å². The van der Waals surface area contributed by atoms with Gasteiger partial charge in [0.25, 0.3) is 0 Å². The molecule has 1 aliphatic heterocycles. The maximum atomic E-state index is 14.7. The van der Waals surface area contributed by atoms with Crippen LogP contribution in [-0.4, -0.2) is 62.0 Å². The molecule has 1 amide bonds. The number of hydrogen-bond donors (Lipinski definition) is 3. The summed E-state index contributed by atoms with van der Waals surface area (Å²) in [7, 11) is 0. The first-order valence-electron chi connectivity index (χ1n) is 12.3. The summed E-state index contributed by atoms with van der Waals surface area (Å²) < 4.78 is 31.0. The maximum absolute atomic E-state index is 14.7. The Morgan fingerprint density at radius 3 is 2.97 bits per heavy atom. The zero-order chi connectivity index (χ0) is 25.5. The van der Waals surface area contributed by atoms with Gasteiger partial charge in [0.1, 0.15) is 16.3 Å². The number of halogens is 3. The van der Waals surface area contributed by atoms with Crippen LogP contribution < -0.4 is 16.0 Å². The molecule has 1 aromatic carbocycles. The van der Waals surface area contributed by atoms with Gasteiger partial charge in [0, 0.05) is 42.4 Å². The summed E-state index contributed by atoms with van der Waals surface area (Å²) in [6.45, 7) is 0.977. The number of carbonyl (C=O) groups excluding carboxylic acids is 1. The zero-order valence-corrected chi connectivity index (χ0v) is 21.4. The SMILES string of the molecule is O=C(N[C@@H]1CCNC[C@H]1F)[C@@H]1CC[C@@H](Nc2ncc3c(Br)nn(-c4cc(F)c5ncccc5c4)c3n2)C1. The van der Waals surface area contributed by atoms with Gasteiger partial charge in [-0.25, -0.2) is 18.4 Å². The number of alkyl halides is 1. The monoisotopic (exact) mass is 570 g/mol. The molecule has 9 nitrogen and oxygen atoms in total. The predicted molar refractivity (Wildman–Crippen MR) is 139 cm³/mol. The Kier molecular flexibility index (Phi) is 6.45. The van der Waals surface area contributed by atoms with Crippen molar-refractivity contribution in [2.45, 2.75) is 43.9 Å². The topological polar surface area (TPSA) is 110 Å². The van der Waals surface area contributed by atoms with E-state index < -0.39 is 18.0 Å². The van der Waals surface area contributed by atoms with Crippen molar-refractivity contribution in [2.24, 2.45) is 5.92 Å². The summed E-state index contributed by atoms with van der Waals surface area (Å²) >= 11 is 3.45. The van der Waals surface area contributed by atoms with Crippen molar-refractivity contribution in [3.05, 3.63) is 47.1 Å². The van der Waals surface area contributed by atoms with E-state index in [1.165, 1.54) is 6.07 Å². The molecule has 192 valence electrons. The number of nitrogens with one attached hydrogen (secondary N) is 3. The van der Waals surface area contributed by atoms with Crippen LogP contribution in [0.2, 0.25) is 0 Å². The molecule has 0 spiro atoms. The third-order valence-electron chi connectivity index (χ3n) is 7.14. The number of pyridine rings is 1. The van der Waals surface area contributed by atoms with E-state index in [0.717, 1.165) is 6.42 Å². The second kappa shape index (κ2) is 9.90. The van der Waals surface area contributed by atoms with Gasteiger partial charge in [-0.2, -0.15) is 10.1 Å². The minimum absolute atomic E-state index is 0.00592. The van der Waals surface area contributed by atoms with Crippen LogP contribution in [0.5, 0.6) is 0 Å². The number of fused-ring (bicyclic) bond motifs is 2. The van der Waals surface area contributed by atoms with Gasteiger partial charge < -0.3 is 16.0 Å². The van der Waals surface area contributed by atoms with Gasteiger partial charge >= 0.3 is 0 Å². The molecule has 12 heteroatoms. The first kappa shape index (κ1) is 24.1. The van der Waals surface area contributed by atoms with Crippen molar-refractivity contribution >= 4 is 49.7 Å².